The summed E-state index contributed by atoms with van der Waals surface area (Å²) in [7, 11) is 0. The van der Waals surface area contributed by atoms with Crippen molar-refractivity contribution in [1.29, 1.82) is 0 Å². The van der Waals surface area contributed by atoms with Gasteiger partial charge in [-0.05, 0) is 25.5 Å². The molecule has 0 aliphatic rings. The number of hydrogen-bond acceptors (Lipinski definition) is 3. The monoisotopic (exact) mass is 270 g/mol. The van der Waals surface area contributed by atoms with Gasteiger partial charge in [-0.15, -0.1) is 0 Å². The van der Waals surface area contributed by atoms with Crippen LogP contribution in [0.15, 0.2) is 18.2 Å². The molecule has 0 radical (unpaired) electrons. The summed E-state index contributed by atoms with van der Waals surface area (Å²) in [6.45, 7) is 1.80. The van der Waals surface area contributed by atoms with Crippen LogP contribution in [-0.4, -0.2) is 23.0 Å². The van der Waals surface area contributed by atoms with Crippen LogP contribution in [0.2, 0.25) is 5.02 Å². The number of nitrogens with one attached hydrogen (secondary N) is 1. The first-order valence-corrected chi connectivity index (χ1v) is 5.87. The minimum atomic E-state index is -1.18. The minimum absolute atomic E-state index is 0.0749. The summed E-state index contributed by atoms with van der Waals surface area (Å²) in [6.07, 6.45) is 0.776. The first-order valence-electron chi connectivity index (χ1n) is 5.49. The van der Waals surface area contributed by atoms with E-state index in [0.29, 0.717) is 6.42 Å². The molecule has 0 spiro atoms. The third-order valence-electron chi connectivity index (χ3n) is 2.33. The maximum absolute atomic E-state index is 11.6. The van der Waals surface area contributed by atoms with E-state index in [0.717, 1.165) is 0 Å². The summed E-state index contributed by atoms with van der Waals surface area (Å²) < 4.78 is 0. The molecular formula is C12H15ClN2O3. The number of anilines is 1. The molecule has 0 fully saturated rings. The molecule has 1 aromatic rings. The molecule has 98 valence electrons. The summed E-state index contributed by atoms with van der Waals surface area (Å²) in [5.41, 5.74) is 5.64. The quantitative estimate of drug-likeness (QED) is 0.764. The van der Waals surface area contributed by atoms with Crippen molar-refractivity contribution in [2.24, 2.45) is 5.73 Å². The molecule has 0 aromatic heterocycles. The number of carbonyl (C=O) groups excluding carboxylic acids is 1. The molecule has 4 N–H and O–H groups in total. The maximum atomic E-state index is 11.6. The van der Waals surface area contributed by atoms with Gasteiger partial charge in [0.1, 0.15) is 5.56 Å². The van der Waals surface area contributed by atoms with Crippen LogP contribution in [-0.2, 0) is 4.79 Å². The summed E-state index contributed by atoms with van der Waals surface area (Å²) in [5, 5.41) is 11.6. The Bertz CT molecular complexity index is 461. The molecule has 18 heavy (non-hydrogen) atoms. The summed E-state index contributed by atoms with van der Waals surface area (Å²) in [5.74, 6) is -1.46. The highest BCUT2D eigenvalue weighted by atomic mass is 35.5. The second-order valence-corrected chi connectivity index (χ2v) is 4.44. The number of hydrogen-bond donors (Lipinski definition) is 3. The fraction of sp³-hybridized carbons (Fsp3) is 0.333. The summed E-state index contributed by atoms with van der Waals surface area (Å²) >= 11 is 5.78. The highest BCUT2D eigenvalue weighted by Crippen LogP contribution is 2.24. The van der Waals surface area contributed by atoms with Gasteiger partial charge in [0.2, 0.25) is 5.91 Å². The van der Waals surface area contributed by atoms with Crippen molar-refractivity contribution in [3.8, 4) is 0 Å². The summed E-state index contributed by atoms with van der Waals surface area (Å²) in [4.78, 5) is 22.6. The molecule has 5 nitrogen and oxygen atoms in total. The standard InChI is InChI=1S/C12H15ClN2O3/c1-7(14)5-6-10(16)15-9-4-2-3-8(13)11(9)12(17)18/h2-4,7H,5-6,14H2,1H3,(H,15,16)(H,17,18). The van der Waals surface area contributed by atoms with Gasteiger partial charge in [0.25, 0.3) is 0 Å². The van der Waals surface area contributed by atoms with Crippen molar-refractivity contribution in [3.63, 3.8) is 0 Å². The zero-order chi connectivity index (χ0) is 13.7. The zero-order valence-electron chi connectivity index (χ0n) is 9.94. The number of rotatable bonds is 5. The molecule has 1 rings (SSSR count). The van der Waals surface area contributed by atoms with Gasteiger partial charge in [-0.1, -0.05) is 17.7 Å². The lowest BCUT2D eigenvalue weighted by molar-refractivity contribution is -0.116. The molecule has 0 heterocycles. The Morgan fingerprint density at radius 3 is 2.72 bits per heavy atom. The predicted molar refractivity (Wildman–Crippen MR) is 69.9 cm³/mol. The van der Waals surface area contributed by atoms with Crippen LogP contribution in [0.25, 0.3) is 0 Å². The van der Waals surface area contributed by atoms with E-state index in [-0.39, 0.29) is 34.6 Å². The van der Waals surface area contributed by atoms with Crippen LogP contribution in [0.4, 0.5) is 5.69 Å². The summed E-state index contributed by atoms with van der Waals surface area (Å²) in [6, 6.07) is 4.46. The molecule has 6 heteroatoms. The number of halogens is 1. The van der Waals surface area contributed by atoms with Crippen LogP contribution < -0.4 is 11.1 Å². The Morgan fingerprint density at radius 1 is 1.50 bits per heavy atom. The van der Waals surface area contributed by atoms with E-state index in [9.17, 15) is 9.59 Å². The maximum Gasteiger partial charge on any atom is 0.339 e. The Hall–Kier alpha value is -1.59. The highest BCUT2D eigenvalue weighted by molar-refractivity contribution is 6.34. The molecule has 1 unspecified atom stereocenters. The van der Waals surface area contributed by atoms with E-state index in [2.05, 4.69) is 5.32 Å². The van der Waals surface area contributed by atoms with Gasteiger partial charge in [0, 0.05) is 12.5 Å². The fourth-order valence-electron chi connectivity index (χ4n) is 1.42. The van der Waals surface area contributed by atoms with Crippen molar-refractivity contribution in [3.05, 3.63) is 28.8 Å². The number of nitrogens with two attached hydrogens (primary N) is 1. The van der Waals surface area contributed by atoms with Crippen LogP contribution in [0, 0.1) is 0 Å². The fourth-order valence-corrected chi connectivity index (χ4v) is 1.67. The minimum Gasteiger partial charge on any atom is -0.478 e. The Kier molecular flexibility index (Phi) is 5.12. The highest BCUT2D eigenvalue weighted by Gasteiger charge is 2.16. The predicted octanol–water partition coefficient (Wildman–Crippen LogP) is 2.10. The van der Waals surface area contributed by atoms with Gasteiger partial charge >= 0.3 is 5.97 Å². The molecule has 0 saturated heterocycles. The van der Waals surface area contributed by atoms with Crippen LogP contribution in [0.5, 0.6) is 0 Å². The third kappa shape index (κ3) is 4.01. The van der Waals surface area contributed by atoms with Gasteiger partial charge < -0.3 is 16.2 Å². The number of carboxylic acids is 1. The molecule has 0 aliphatic carbocycles. The molecule has 0 bridgehead atoms. The first-order chi connectivity index (χ1) is 8.41. The lowest BCUT2D eigenvalue weighted by Gasteiger charge is -2.10. The molecule has 1 amide bonds. The number of carboxylic acid groups (broad SMARTS) is 1. The van der Waals surface area contributed by atoms with E-state index < -0.39 is 5.97 Å². The SMILES string of the molecule is CC(N)CCC(=O)Nc1cccc(Cl)c1C(=O)O. The first kappa shape index (κ1) is 14.5. The van der Waals surface area contributed by atoms with Gasteiger partial charge in [0.15, 0.2) is 0 Å². The van der Waals surface area contributed by atoms with Crippen molar-refractivity contribution in [1.82, 2.24) is 0 Å². The van der Waals surface area contributed by atoms with Gasteiger partial charge in [-0.2, -0.15) is 0 Å². The van der Waals surface area contributed by atoms with Gasteiger partial charge in [-0.25, -0.2) is 4.79 Å². The van der Waals surface area contributed by atoms with E-state index in [1.54, 1.807) is 13.0 Å². The Labute approximate surface area is 110 Å². The van der Waals surface area contributed by atoms with Crippen molar-refractivity contribution < 1.29 is 14.7 Å². The molecule has 1 aromatic carbocycles. The van der Waals surface area contributed by atoms with E-state index in [1.807, 2.05) is 0 Å². The second kappa shape index (κ2) is 6.37. The van der Waals surface area contributed by atoms with Crippen LogP contribution in [0.1, 0.15) is 30.1 Å². The topological polar surface area (TPSA) is 92.4 Å². The Balaban J connectivity index is 2.81. The van der Waals surface area contributed by atoms with Crippen molar-refractivity contribution in [2.45, 2.75) is 25.8 Å². The average molecular weight is 271 g/mol. The normalized spacial score (nSPS) is 11.9. The number of amides is 1. The number of aromatic carboxylic acids is 1. The molecular weight excluding hydrogens is 256 g/mol. The lowest BCUT2D eigenvalue weighted by atomic mass is 10.1. The number of carbonyl (C=O) groups is 2. The van der Waals surface area contributed by atoms with E-state index >= 15 is 0 Å². The van der Waals surface area contributed by atoms with E-state index in [1.165, 1.54) is 12.1 Å². The zero-order valence-corrected chi connectivity index (χ0v) is 10.7. The molecule has 0 saturated carbocycles. The van der Waals surface area contributed by atoms with Crippen LogP contribution >= 0.6 is 11.6 Å². The molecule has 0 aliphatic heterocycles. The van der Waals surface area contributed by atoms with Gasteiger partial charge in [-0.3, -0.25) is 4.79 Å². The largest absolute Gasteiger partial charge is 0.478 e. The lowest BCUT2D eigenvalue weighted by Crippen LogP contribution is -2.20. The van der Waals surface area contributed by atoms with E-state index in [4.69, 9.17) is 22.4 Å². The van der Waals surface area contributed by atoms with Crippen molar-refractivity contribution in [2.75, 3.05) is 5.32 Å². The average Bonchev–Trinajstić information content (AvgIpc) is 2.26. The van der Waals surface area contributed by atoms with Crippen LogP contribution in [0.3, 0.4) is 0 Å². The van der Waals surface area contributed by atoms with Crippen molar-refractivity contribution >= 4 is 29.2 Å². The second-order valence-electron chi connectivity index (χ2n) is 4.03. The molecule has 1 atom stereocenters. The number of benzene rings is 1. The van der Waals surface area contributed by atoms with Gasteiger partial charge in [0.05, 0.1) is 10.7 Å². The Morgan fingerprint density at radius 2 is 2.17 bits per heavy atom. The smallest absolute Gasteiger partial charge is 0.339 e. The third-order valence-corrected chi connectivity index (χ3v) is 2.64.